The molecule has 68 valence electrons. The normalized spacial score (nSPS) is 9.71. The molecule has 2 aromatic rings. The first-order chi connectivity index (χ1) is 6.83. The third-order valence-electron chi connectivity index (χ3n) is 2.09. The van der Waals surface area contributed by atoms with Crippen LogP contribution in [0, 0.1) is 18.3 Å². The highest BCUT2D eigenvalue weighted by molar-refractivity contribution is 7.04. The molecule has 0 atom stereocenters. The van der Waals surface area contributed by atoms with Gasteiger partial charge in [-0.15, -0.1) is 0 Å². The third-order valence-corrected chi connectivity index (χ3v) is 2.72. The summed E-state index contributed by atoms with van der Waals surface area (Å²) >= 11 is 1.32. The van der Waals surface area contributed by atoms with Crippen LogP contribution in [0.25, 0.3) is 11.3 Å². The van der Waals surface area contributed by atoms with Crippen LogP contribution in [0.2, 0.25) is 0 Å². The van der Waals surface area contributed by atoms with Crippen LogP contribution in [0.15, 0.2) is 29.6 Å². The summed E-state index contributed by atoms with van der Waals surface area (Å²) in [5, 5.41) is 10.7. The molecule has 0 amide bonds. The van der Waals surface area contributed by atoms with Crippen LogP contribution >= 0.6 is 11.5 Å². The summed E-state index contributed by atoms with van der Waals surface area (Å²) < 4.78 is 4.24. The maximum Gasteiger partial charge on any atom is 0.102 e. The van der Waals surface area contributed by atoms with E-state index < -0.39 is 0 Å². The molecular formula is C11H8N2S. The molecule has 0 bridgehead atoms. The Balaban J connectivity index is 2.62. The zero-order valence-corrected chi connectivity index (χ0v) is 8.51. The van der Waals surface area contributed by atoms with Crippen molar-refractivity contribution in [3.63, 3.8) is 0 Å². The molecule has 0 aliphatic heterocycles. The number of nitriles is 1. The molecule has 0 N–H and O–H groups in total. The average Bonchev–Trinajstić information content (AvgIpc) is 2.66. The number of aryl methyl sites for hydroxylation is 1. The van der Waals surface area contributed by atoms with Gasteiger partial charge >= 0.3 is 0 Å². The Morgan fingerprint density at radius 1 is 1.36 bits per heavy atom. The number of hydrogen-bond acceptors (Lipinski definition) is 3. The summed E-state index contributed by atoms with van der Waals surface area (Å²) in [6.45, 7) is 2.02. The van der Waals surface area contributed by atoms with E-state index in [0.717, 1.165) is 16.8 Å². The van der Waals surface area contributed by atoms with Gasteiger partial charge in [0.2, 0.25) is 0 Å². The molecule has 0 aliphatic carbocycles. The molecule has 0 aliphatic rings. The molecule has 0 radical (unpaired) electrons. The van der Waals surface area contributed by atoms with Crippen molar-refractivity contribution < 1.29 is 0 Å². The molecule has 0 saturated heterocycles. The third kappa shape index (κ3) is 1.40. The van der Waals surface area contributed by atoms with Gasteiger partial charge in [-0.25, -0.2) is 0 Å². The van der Waals surface area contributed by atoms with Gasteiger partial charge in [-0.3, -0.25) is 0 Å². The highest BCUT2D eigenvalue weighted by Crippen LogP contribution is 2.25. The quantitative estimate of drug-likeness (QED) is 0.709. The summed E-state index contributed by atoms with van der Waals surface area (Å²) in [6.07, 6.45) is 0. The number of hydrogen-bond donors (Lipinski definition) is 0. The molecule has 3 heteroatoms. The van der Waals surface area contributed by atoms with Gasteiger partial charge in [-0.1, -0.05) is 24.3 Å². The summed E-state index contributed by atoms with van der Waals surface area (Å²) in [7, 11) is 0. The maximum absolute atomic E-state index is 8.88. The Bertz CT molecular complexity index is 494. The molecule has 2 rings (SSSR count). The molecule has 1 aromatic carbocycles. The molecule has 0 saturated carbocycles. The molecule has 0 fully saturated rings. The summed E-state index contributed by atoms with van der Waals surface area (Å²) in [4.78, 5) is 0. The zero-order chi connectivity index (χ0) is 9.97. The molecule has 2 nitrogen and oxygen atoms in total. The van der Waals surface area contributed by atoms with Gasteiger partial charge < -0.3 is 0 Å². The lowest BCUT2D eigenvalue weighted by atomic mass is 10.0. The number of aromatic nitrogens is 1. The van der Waals surface area contributed by atoms with Crippen molar-refractivity contribution in [3.8, 4) is 17.3 Å². The Morgan fingerprint density at radius 3 is 2.86 bits per heavy atom. The molecule has 0 unspecified atom stereocenters. The van der Waals surface area contributed by atoms with Crippen LogP contribution in [0.1, 0.15) is 11.1 Å². The highest BCUT2D eigenvalue weighted by atomic mass is 32.1. The smallest absolute Gasteiger partial charge is 0.102 e. The molecular weight excluding hydrogens is 192 g/mol. The van der Waals surface area contributed by atoms with Gasteiger partial charge in [0.25, 0.3) is 0 Å². The van der Waals surface area contributed by atoms with Gasteiger partial charge in [-0.2, -0.15) is 9.64 Å². The maximum atomic E-state index is 8.88. The lowest BCUT2D eigenvalue weighted by Gasteiger charge is -2.01. The Labute approximate surface area is 86.6 Å². The first kappa shape index (κ1) is 8.92. The second-order valence-corrected chi connectivity index (χ2v) is 3.63. The van der Waals surface area contributed by atoms with Crippen LogP contribution in [-0.2, 0) is 0 Å². The SMILES string of the molecule is Cc1ccccc1-c1nscc1C#N. The van der Waals surface area contributed by atoms with E-state index in [1.165, 1.54) is 11.5 Å². The molecule has 0 spiro atoms. The monoisotopic (exact) mass is 200 g/mol. The van der Waals surface area contributed by atoms with Crippen molar-refractivity contribution >= 4 is 11.5 Å². The van der Waals surface area contributed by atoms with Crippen molar-refractivity contribution in [2.45, 2.75) is 6.92 Å². The lowest BCUT2D eigenvalue weighted by molar-refractivity contribution is 1.40. The summed E-state index contributed by atoms with van der Waals surface area (Å²) in [5.41, 5.74) is 3.65. The van der Waals surface area contributed by atoms with E-state index in [9.17, 15) is 0 Å². The largest absolute Gasteiger partial charge is 0.192 e. The molecule has 1 heterocycles. The van der Waals surface area contributed by atoms with E-state index in [2.05, 4.69) is 10.4 Å². The molecule has 14 heavy (non-hydrogen) atoms. The predicted molar refractivity (Wildman–Crippen MR) is 57.0 cm³/mol. The van der Waals surface area contributed by atoms with E-state index in [4.69, 9.17) is 5.26 Å². The minimum absolute atomic E-state index is 0.657. The van der Waals surface area contributed by atoms with Gasteiger partial charge in [0.15, 0.2) is 0 Å². The minimum atomic E-state index is 0.657. The number of benzene rings is 1. The van der Waals surface area contributed by atoms with E-state index in [1.54, 1.807) is 5.38 Å². The minimum Gasteiger partial charge on any atom is -0.192 e. The first-order valence-electron chi connectivity index (χ1n) is 4.23. The van der Waals surface area contributed by atoms with E-state index in [1.807, 2.05) is 31.2 Å². The second-order valence-electron chi connectivity index (χ2n) is 3.00. The van der Waals surface area contributed by atoms with Crippen LogP contribution < -0.4 is 0 Å². The van der Waals surface area contributed by atoms with Gasteiger partial charge in [-0.05, 0) is 24.0 Å². The van der Waals surface area contributed by atoms with Crippen molar-refractivity contribution in [2.24, 2.45) is 0 Å². The fourth-order valence-corrected chi connectivity index (χ4v) is 1.97. The molecule has 1 aromatic heterocycles. The second kappa shape index (κ2) is 3.60. The lowest BCUT2D eigenvalue weighted by Crippen LogP contribution is -1.84. The van der Waals surface area contributed by atoms with E-state index in [0.29, 0.717) is 5.56 Å². The van der Waals surface area contributed by atoms with Crippen LogP contribution in [-0.4, -0.2) is 4.37 Å². The summed E-state index contributed by atoms with van der Waals surface area (Å²) in [5.74, 6) is 0. The van der Waals surface area contributed by atoms with Gasteiger partial charge in [0.1, 0.15) is 11.8 Å². The van der Waals surface area contributed by atoms with E-state index in [-0.39, 0.29) is 0 Å². The first-order valence-corrected chi connectivity index (χ1v) is 5.07. The standard InChI is InChI=1S/C11H8N2S/c1-8-4-2-3-5-10(8)11-9(6-12)7-14-13-11/h2-5,7H,1H3. The van der Waals surface area contributed by atoms with Crippen LogP contribution in [0.4, 0.5) is 0 Å². The van der Waals surface area contributed by atoms with Crippen molar-refractivity contribution in [1.29, 1.82) is 5.26 Å². The van der Waals surface area contributed by atoms with Gasteiger partial charge in [0.05, 0.1) is 5.56 Å². The Morgan fingerprint density at radius 2 is 2.14 bits per heavy atom. The predicted octanol–water partition coefficient (Wildman–Crippen LogP) is 2.99. The average molecular weight is 200 g/mol. The topological polar surface area (TPSA) is 36.7 Å². The summed E-state index contributed by atoms with van der Waals surface area (Å²) in [6, 6.07) is 10.1. The number of rotatable bonds is 1. The van der Waals surface area contributed by atoms with Crippen molar-refractivity contribution in [2.75, 3.05) is 0 Å². The fraction of sp³-hybridized carbons (Fsp3) is 0.0909. The van der Waals surface area contributed by atoms with Crippen LogP contribution in [0.5, 0.6) is 0 Å². The number of nitrogens with zero attached hydrogens (tertiary/aromatic N) is 2. The van der Waals surface area contributed by atoms with Crippen molar-refractivity contribution in [1.82, 2.24) is 4.37 Å². The Kier molecular flexibility index (Phi) is 2.30. The van der Waals surface area contributed by atoms with Crippen molar-refractivity contribution in [3.05, 3.63) is 40.8 Å². The van der Waals surface area contributed by atoms with Gasteiger partial charge in [0, 0.05) is 10.9 Å². The van der Waals surface area contributed by atoms with Crippen LogP contribution in [0.3, 0.4) is 0 Å². The Hall–Kier alpha value is -1.66. The van der Waals surface area contributed by atoms with E-state index >= 15 is 0 Å². The fourth-order valence-electron chi connectivity index (χ4n) is 1.35. The highest BCUT2D eigenvalue weighted by Gasteiger charge is 2.09. The zero-order valence-electron chi connectivity index (χ0n) is 7.69.